The molecule has 0 bridgehead atoms. The summed E-state index contributed by atoms with van der Waals surface area (Å²) >= 11 is 0. The Balaban J connectivity index is 1.73. The van der Waals surface area contributed by atoms with Crippen molar-refractivity contribution in [3.05, 3.63) is 65.1 Å². The average Bonchev–Trinajstić information content (AvgIpc) is 3.12. The van der Waals surface area contributed by atoms with Crippen LogP contribution in [0.3, 0.4) is 0 Å². The van der Waals surface area contributed by atoms with Gasteiger partial charge in [-0.3, -0.25) is 4.79 Å². The minimum Gasteiger partial charge on any atom is -0.394 e. The standard InChI is InChI=1S/C20H22N4O3/c1-13-10-14(2)24-18(21-13)11-16(22-24)20(26)23-8-9-27-17(12-25)19(23)15-6-4-3-5-7-15/h3-7,10-11,17,19,25H,8-9,12H2,1-2H3/t17-,19-/m0/s1. The summed E-state index contributed by atoms with van der Waals surface area (Å²) in [6, 6.07) is 12.9. The first-order valence-electron chi connectivity index (χ1n) is 9.01. The molecular weight excluding hydrogens is 344 g/mol. The first-order valence-corrected chi connectivity index (χ1v) is 9.01. The van der Waals surface area contributed by atoms with Gasteiger partial charge in [0.25, 0.3) is 5.91 Å². The second-order valence-corrected chi connectivity index (χ2v) is 6.78. The normalized spacial score (nSPS) is 20.2. The molecule has 7 heteroatoms. The maximum absolute atomic E-state index is 13.3. The molecule has 2 atom stereocenters. The van der Waals surface area contributed by atoms with Gasteiger partial charge in [-0.25, -0.2) is 9.50 Å². The van der Waals surface area contributed by atoms with Crippen LogP contribution in [0.2, 0.25) is 0 Å². The third-order valence-electron chi connectivity index (χ3n) is 4.89. The molecule has 1 aromatic carbocycles. The monoisotopic (exact) mass is 366 g/mol. The summed E-state index contributed by atoms with van der Waals surface area (Å²) in [5.41, 5.74) is 3.73. The Morgan fingerprint density at radius 3 is 2.78 bits per heavy atom. The lowest BCUT2D eigenvalue weighted by Gasteiger charge is -2.40. The third kappa shape index (κ3) is 3.20. The zero-order chi connectivity index (χ0) is 19.0. The third-order valence-corrected chi connectivity index (χ3v) is 4.89. The number of carbonyl (C=O) groups excluding carboxylic acids is 1. The molecule has 1 fully saturated rings. The largest absolute Gasteiger partial charge is 0.394 e. The average molecular weight is 366 g/mol. The molecule has 3 aromatic rings. The van der Waals surface area contributed by atoms with Crippen LogP contribution in [0.4, 0.5) is 0 Å². The summed E-state index contributed by atoms with van der Waals surface area (Å²) in [6.07, 6.45) is -0.468. The molecule has 1 N–H and O–H groups in total. The highest BCUT2D eigenvalue weighted by molar-refractivity contribution is 5.93. The van der Waals surface area contributed by atoms with E-state index in [1.54, 1.807) is 15.5 Å². The van der Waals surface area contributed by atoms with Gasteiger partial charge in [-0.1, -0.05) is 30.3 Å². The van der Waals surface area contributed by atoms with Gasteiger partial charge in [-0.2, -0.15) is 5.10 Å². The Bertz CT molecular complexity index is 970. The highest BCUT2D eigenvalue weighted by atomic mass is 16.5. The number of hydrogen-bond donors (Lipinski definition) is 1. The molecule has 0 radical (unpaired) electrons. The van der Waals surface area contributed by atoms with E-state index in [9.17, 15) is 9.90 Å². The van der Waals surface area contributed by atoms with Crippen LogP contribution < -0.4 is 0 Å². The first kappa shape index (κ1) is 17.6. The van der Waals surface area contributed by atoms with Crippen molar-refractivity contribution in [1.29, 1.82) is 0 Å². The zero-order valence-corrected chi connectivity index (χ0v) is 15.4. The summed E-state index contributed by atoms with van der Waals surface area (Å²) in [6.45, 7) is 4.51. The van der Waals surface area contributed by atoms with E-state index in [2.05, 4.69) is 10.1 Å². The smallest absolute Gasteiger partial charge is 0.275 e. The van der Waals surface area contributed by atoms with Crippen molar-refractivity contribution in [1.82, 2.24) is 19.5 Å². The molecule has 27 heavy (non-hydrogen) atoms. The number of aliphatic hydroxyl groups excluding tert-OH is 1. The molecule has 3 heterocycles. The summed E-state index contributed by atoms with van der Waals surface area (Å²) in [5.74, 6) is -0.187. The Morgan fingerprint density at radius 2 is 2.04 bits per heavy atom. The molecule has 140 valence electrons. The summed E-state index contributed by atoms with van der Waals surface area (Å²) < 4.78 is 7.40. The summed E-state index contributed by atoms with van der Waals surface area (Å²) in [4.78, 5) is 19.5. The second kappa shape index (κ2) is 7.09. The number of carbonyl (C=O) groups is 1. The fourth-order valence-electron chi connectivity index (χ4n) is 3.70. The predicted octanol–water partition coefficient (Wildman–Crippen LogP) is 1.92. The van der Waals surface area contributed by atoms with Crippen molar-refractivity contribution in [3.63, 3.8) is 0 Å². The van der Waals surface area contributed by atoms with Gasteiger partial charge in [0.1, 0.15) is 6.10 Å². The van der Waals surface area contributed by atoms with Crippen LogP contribution in [0.25, 0.3) is 5.65 Å². The van der Waals surface area contributed by atoms with E-state index in [1.165, 1.54) is 0 Å². The predicted molar refractivity (Wildman–Crippen MR) is 99.5 cm³/mol. The topological polar surface area (TPSA) is 80.0 Å². The minimum atomic E-state index is -0.468. The highest BCUT2D eigenvalue weighted by Gasteiger charge is 2.37. The fraction of sp³-hybridized carbons (Fsp3) is 0.350. The summed E-state index contributed by atoms with van der Waals surface area (Å²) in [7, 11) is 0. The Hall–Kier alpha value is -2.77. The van der Waals surface area contributed by atoms with E-state index in [1.807, 2.05) is 50.2 Å². The van der Waals surface area contributed by atoms with Gasteiger partial charge in [-0.05, 0) is 25.5 Å². The van der Waals surface area contributed by atoms with Crippen LogP contribution in [0, 0.1) is 13.8 Å². The molecular formula is C20H22N4O3. The van der Waals surface area contributed by atoms with E-state index < -0.39 is 6.10 Å². The van der Waals surface area contributed by atoms with Crippen LogP contribution in [-0.2, 0) is 4.74 Å². The number of fused-ring (bicyclic) bond motifs is 1. The van der Waals surface area contributed by atoms with E-state index >= 15 is 0 Å². The SMILES string of the molecule is Cc1cc(C)n2nc(C(=O)N3CCO[C@@H](CO)[C@@H]3c3ccccc3)cc2n1. The van der Waals surface area contributed by atoms with E-state index in [4.69, 9.17) is 4.74 Å². The molecule has 0 aliphatic carbocycles. The van der Waals surface area contributed by atoms with Crippen LogP contribution >= 0.6 is 0 Å². The maximum atomic E-state index is 13.3. The number of rotatable bonds is 3. The minimum absolute atomic E-state index is 0.158. The van der Waals surface area contributed by atoms with Crippen molar-refractivity contribution in [2.75, 3.05) is 19.8 Å². The highest BCUT2D eigenvalue weighted by Crippen LogP contribution is 2.30. The van der Waals surface area contributed by atoms with Crippen molar-refractivity contribution in [3.8, 4) is 0 Å². The molecule has 1 aliphatic rings. The zero-order valence-electron chi connectivity index (χ0n) is 15.4. The van der Waals surface area contributed by atoms with E-state index in [-0.39, 0.29) is 18.6 Å². The Morgan fingerprint density at radius 1 is 1.26 bits per heavy atom. The van der Waals surface area contributed by atoms with Crippen molar-refractivity contribution in [2.45, 2.75) is 26.0 Å². The van der Waals surface area contributed by atoms with Gasteiger partial charge < -0.3 is 14.7 Å². The van der Waals surface area contributed by atoms with Gasteiger partial charge in [0, 0.05) is 24.0 Å². The number of nitrogens with zero attached hydrogens (tertiary/aromatic N) is 4. The number of aliphatic hydroxyl groups is 1. The molecule has 1 saturated heterocycles. The number of morpholine rings is 1. The van der Waals surface area contributed by atoms with Crippen molar-refractivity contribution in [2.24, 2.45) is 0 Å². The summed E-state index contributed by atoms with van der Waals surface area (Å²) in [5, 5.41) is 14.2. The van der Waals surface area contributed by atoms with Gasteiger partial charge in [0.15, 0.2) is 11.3 Å². The van der Waals surface area contributed by atoms with Gasteiger partial charge in [0.05, 0.1) is 19.3 Å². The second-order valence-electron chi connectivity index (χ2n) is 6.78. The molecule has 0 unspecified atom stereocenters. The van der Waals surface area contributed by atoms with Gasteiger partial charge in [0.2, 0.25) is 0 Å². The van der Waals surface area contributed by atoms with Crippen LogP contribution in [0.15, 0.2) is 42.5 Å². The fourth-order valence-corrected chi connectivity index (χ4v) is 3.70. The van der Waals surface area contributed by atoms with Gasteiger partial charge >= 0.3 is 0 Å². The number of ether oxygens (including phenoxy) is 1. The number of aromatic nitrogens is 3. The number of amides is 1. The molecule has 1 aliphatic heterocycles. The van der Waals surface area contributed by atoms with E-state index in [0.717, 1.165) is 17.0 Å². The van der Waals surface area contributed by atoms with Gasteiger partial charge in [-0.15, -0.1) is 0 Å². The lowest BCUT2D eigenvalue weighted by molar-refractivity contribution is -0.0812. The van der Waals surface area contributed by atoms with Crippen LogP contribution in [0.5, 0.6) is 0 Å². The quantitative estimate of drug-likeness (QED) is 0.766. The molecule has 0 spiro atoms. The lowest BCUT2D eigenvalue weighted by atomic mass is 9.98. The van der Waals surface area contributed by atoms with Crippen molar-refractivity contribution >= 4 is 11.6 Å². The van der Waals surface area contributed by atoms with Crippen LogP contribution in [-0.4, -0.2) is 56.4 Å². The number of benzene rings is 1. The Kier molecular flexibility index (Phi) is 4.63. The molecule has 2 aromatic heterocycles. The first-order chi connectivity index (χ1) is 13.1. The molecule has 1 amide bonds. The van der Waals surface area contributed by atoms with Crippen LogP contribution in [0.1, 0.15) is 33.5 Å². The lowest BCUT2D eigenvalue weighted by Crippen LogP contribution is -2.49. The Labute approximate surface area is 157 Å². The van der Waals surface area contributed by atoms with E-state index in [0.29, 0.717) is 24.5 Å². The molecule has 4 rings (SSSR count). The number of hydrogen-bond acceptors (Lipinski definition) is 5. The molecule has 7 nitrogen and oxygen atoms in total. The molecule has 0 saturated carbocycles. The number of aryl methyl sites for hydroxylation is 2. The van der Waals surface area contributed by atoms with Crippen molar-refractivity contribution < 1.29 is 14.6 Å². The maximum Gasteiger partial charge on any atom is 0.275 e.